The maximum absolute atomic E-state index is 11.7. The van der Waals surface area contributed by atoms with Crippen LogP contribution in [0.4, 0.5) is 4.79 Å². The Morgan fingerprint density at radius 3 is 2.40 bits per heavy atom. The molecule has 1 atom stereocenters. The van der Waals surface area contributed by atoms with Crippen molar-refractivity contribution in [3.63, 3.8) is 0 Å². The zero-order valence-electron chi connectivity index (χ0n) is 12.4. The molecule has 1 aromatic rings. The monoisotopic (exact) mass is 283 g/mol. The Kier molecular flexibility index (Phi) is 4.75. The van der Waals surface area contributed by atoms with Gasteiger partial charge in [0.1, 0.15) is 5.60 Å². The van der Waals surface area contributed by atoms with Crippen molar-refractivity contribution in [2.24, 2.45) is 0 Å². The van der Waals surface area contributed by atoms with Crippen molar-refractivity contribution >= 4 is 12.1 Å². The van der Waals surface area contributed by atoms with Gasteiger partial charge in [0.05, 0.1) is 6.20 Å². The van der Waals surface area contributed by atoms with Crippen LogP contribution in [0.1, 0.15) is 52.3 Å². The lowest BCUT2D eigenvalue weighted by molar-refractivity contribution is -0.139. The van der Waals surface area contributed by atoms with Gasteiger partial charge < -0.3 is 15.2 Å². The molecule has 0 radical (unpaired) electrons. The number of carbonyl (C=O) groups is 2. The highest BCUT2D eigenvalue weighted by molar-refractivity contribution is 5.81. The molecule has 20 heavy (non-hydrogen) atoms. The van der Waals surface area contributed by atoms with Crippen molar-refractivity contribution in [2.75, 3.05) is 0 Å². The van der Waals surface area contributed by atoms with Crippen LogP contribution in [0.5, 0.6) is 0 Å². The Morgan fingerprint density at radius 2 is 2.00 bits per heavy atom. The first-order valence-electron chi connectivity index (χ1n) is 6.36. The average Bonchev–Trinajstić information content (AvgIpc) is 2.71. The number of rotatable bonds is 4. The van der Waals surface area contributed by atoms with Gasteiger partial charge in [0.25, 0.3) is 0 Å². The summed E-state index contributed by atoms with van der Waals surface area (Å²) < 4.78 is 6.68. The molecule has 7 heteroatoms. The highest BCUT2D eigenvalue weighted by Gasteiger charge is 2.26. The van der Waals surface area contributed by atoms with Crippen molar-refractivity contribution < 1.29 is 19.4 Å². The molecule has 0 aromatic carbocycles. The first-order valence-corrected chi connectivity index (χ1v) is 6.36. The first-order chi connectivity index (χ1) is 9.10. The van der Waals surface area contributed by atoms with E-state index in [0.717, 1.165) is 0 Å². The van der Waals surface area contributed by atoms with Gasteiger partial charge in [-0.15, -0.1) is 0 Å². The zero-order chi connectivity index (χ0) is 15.5. The zero-order valence-corrected chi connectivity index (χ0v) is 12.4. The third-order valence-corrected chi connectivity index (χ3v) is 2.39. The van der Waals surface area contributed by atoms with Crippen LogP contribution in [0.15, 0.2) is 12.4 Å². The van der Waals surface area contributed by atoms with Gasteiger partial charge in [-0.2, -0.15) is 5.10 Å². The largest absolute Gasteiger partial charge is 0.479 e. The van der Waals surface area contributed by atoms with Gasteiger partial charge in [-0.1, -0.05) is 0 Å². The number of aliphatic carboxylic acids is 1. The van der Waals surface area contributed by atoms with E-state index in [1.807, 2.05) is 13.8 Å². The molecule has 2 N–H and O–H groups in total. The quantitative estimate of drug-likeness (QED) is 0.882. The summed E-state index contributed by atoms with van der Waals surface area (Å²) in [4.78, 5) is 22.9. The minimum absolute atomic E-state index is 0.111. The van der Waals surface area contributed by atoms with E-state index in [-0.39, 0.29) is 6.04 Å². The fraction of sp³-hybridized carbons (Fsp3) is 0.615. The molecular weight excluding hydrogens is 262 g/mol. The van der Waals surface area contributed by atoms with Crippen LogP contribution in [0.3, 0.4) is 0 Å². The summed E-state index contributed by atoms with van der Waals surface area (Å²) in [5.74, 6) is -1.17. The van der Waals surface area contributed by atoms with Crippen LogP contribution in [-0.4, -0.2) is 32.6 Å². The van der Waals surface area contributed by atoms with E-state index in [1.165, 1.54) is 6.20 Å². The summed E-state index contributed by atoms with van der Waals surface area (Å²) in [5, 5.41) is 15.6. The molecule has 0 fully saturated rings. The molecule has 0 aliphatic carbocycles. The molecule has 0 spiro atoms. The highest BCUT2D eigenvalue weighted by atomic mass is 16.6. The smallest absolute Gasteiger partial charge is 0.408 e. The molecule has 1 heterocycles. The Labute approximate surface area is 117 Å². The number of hydrogen-bond acceptors (Lipinski definition) is 4. The van der Waals surface area contributed by atoms with Gasteiger partial charge >= 0.3 is 12.1 Å². The number of carbonyl (C=O) groups excluding carboxylic acids is 1. The lowest BCUT2D eigenvalue weighted by Crippen LogP contribution is -2.37. The van der Waals surface area contributed by atoms with E-state index in [2.05, 4.69) is 10.4 Å². The normalized spacial score (nSPS) is 13.1. The van der Waals surface area contributed by atoms with Gasteiger partial charge in [-0.25, -0.2) is 9.59 Å². The summed E-state index contributed by atoms with van der Waals surface area (Å²) in [6.45, 7) is 8.97. The number of aromatic nitrogens is 2. The van der Waals surface area contributed by atoms with E-state index >= 15 is 0 Å². The predicted molar refractivity (Wildman–Crippen MR) is 72.4 cm³/mol. The number of amides is 1. The molecule has 0 bridgehead atoms. The SMILES string of the molecule is CC(C)n1cc([C@H](NC(=O)OC(C)(C)C)C(=O)O)cn1. The maximum atomic E-state index is 11.7. The van der Waals surface area contributed by atoms with E-state index < -0.39 is 23.7 Å². The summed E-state index contributed by atoms with van der Waals surface area (Å²) in [6, 6.07) is -1.07. The summed E-state index contributed by atoms with van der Waals surface area (Å²) in [6.07, 6.45) is 2.25. The minimum atomic E-state index is -1.18. The van der Waals surface area contributed by atoms with Crippen LogP contribution < -0.4 is 5.32 Å². The standard InChI is InChI=1S/C13H21N3O4/c1-8(2)16-7-9(6-14-16)10(11(17)18)15-12(19)20-13(3,4)5/h6-8,10H,1-5H3,(H,15,19)(H,17,18)/t10-/m0/s1. The number of carboxylic acid groups (broad SMARTS) is 1. The molecule has 7 nitrogen and oxygen atoms in total. The number of nitrogens with zero attached hydrogens (tertiary/aromatic N) is 2. The second-order valence-electron chi connectivity index (χ2n) is 5.76. The van der Waals surface area contributed by atoms with Crippen LogP contribution in [0.2, 0.25) is 0 Å². The lowest BCUT2D eigenvalue weighted by Gasteiger charge is -2.21. The molecule has 0 unspecified atom stereocenters. The maximum Gasteiger partial charge on any atom is 0.408 e. The van der Waals surface area contributed by atoms with E-state index in [4.69, 9.17) is 4.74 Å². The van der Waals surface area contributed by atoms with Crippen molar-refractivity contribution in [1.82, 2.24) is 15.1 Å². The van der Waals surface area contributed by atoms with E-state index in [1.54, 1.807) is 31.6 Å². The number of hydrogen-bond donors (Lipinski definition) is 2. The number of nitrogens with one attached hydrogen (secondary N) is 1. The summed E-state index contributed by atoms with van der Waals surface area (Å²) in [7, 11) is 0. The van der Waals surface area contributed by atoms with Crippen molar-refractivity contribution in [3.05, 3.63) is 18.0 Å². The van der Waals surface area contributed by atoms with E-state index in [9.17, 15) is 14.7 Å². The second kappa shape index (κ2) is 5.94. The molecule has 0 aliphatic rings. The van der Waals surface area contributed by atoms with Crippen LogP contribution in [-0.2, 0) is 9.53 Å². The van der Waals surface area contributed by atoms with Gasteiger partial charge in [0.15, 0.2) is 6.04 Å². The Balaban J connectivity index is 2.84. The molecule has 1 rings (SSSR count). The Morgan fingerprint density at radius 1 is 1.40 bits per heavy atom. The molecule has 0 saturated heterocycles. The molecule has 112 valence electrons. The minimum Gasteiger partial charge on any atom is -0.479 e. The molecular formula is C13H21N3O4. The highest BCUT2D eigenvalue weighted by Crippen LogP contribution is 2.16. The van der Waals surface area contributed by atoms with Crippen LogP contribution in [0, 0.1) is 0 Å². The average molecular weight is 283 g/mol. The van der Waals surface area contributed by atoms with Gasteiger partial charge in [0.2, 0.25) is 0 Å². The van der Waals surface area contributed by atoms with Crippen molar-refractivity contribution in [1.29, 1.82) is 0 Å². The number of alkyl carbamates (subject to hydrolysis) is 1. The first kappa shape index (κ1) is 16.0. The van der Waals surface area contributed by atoms with Gasteiger partial charge in [-0.3, -0.25) is 4.68 Å². The summed E-state index contributed by atoms with van der Waals surface area (Å²) in [5.41, 5.74) is -0.285. The predicted octanol–water partition coefficient (Wildman–Crippen LogP) is 2.11. The molecule has 0 saturated carbocycles. The second-order valence-corrected chi connectivity index (χ2v) is 5.76. The molecule has 0 aliphatic heterocycles. The topological polar surface area (TPSA) is 93.5 Å². The lowest BCUT2D eigenvalue weighted by atomic mass is 10.1. The van der Waals surface area contributed by atoms with Crippen LogP contribution >= 0.6 is 0 Å². The van der Waals surface area contributed by atoms with Crippen molar-refractivity contribution in [2.45, 2.75) is 52.3 Å². The third kappa shape index (κ3) is 4.56. The number of carboxylic acids is 1. The fourth-order valence-electron chi connectivity index (χ4n) is 1.50. The Hall–Kier alpha value is -2.05. The van der Waals surface area contributed by atoms with Crippen molar-refractivity contribution in [3.8, 4) is 0 Å². The Bertz CT molecular complexity index is 488. The number of ether oxygens (including phenoxy) is 1. The van der Waals surface area contributed by atoms with Gasteiger partial charge in [-0.05, 0) is 34.6 Å². The van der Waals surface area contributed by atoms with Gasteiger partial charge in [0, 0.05) is 17.8 Å². The summed E-state index contributed by atoms with van der Waals surface area (Å²) >= 11 is 0. The molecule has 1 aromatic heterocycles. The molecule has 1 amide bonds. The van der Waals surface area contributed by atoms with E-state index in [0.29, 0.717) is 5.56 Å². The third-order valence-electron chi connectivity index (χ3n) is 2.39. The fourth-order valence-corrected chi connectivity index (χ4v) is 1.50. The van der Waals surface area contributed by atoms with Crippen LogP contribution in [0.25, 0.3) is 0 Å².